The van der Waals surface area contributed by atoms with Gasteiger partial charge in [-0.25, -0.2) is 0 Å². The van der Waals surface area contributed by atoms with Crippen LogP contribution < -0.4 is 5.32 Å². The number of carbonyl (C=O) groups is 1. The number of nitrogens with zero attached hydrogens (tertiary/aromatic N) is 2. The monoisotopic (exact) mass is 231 g/mol. The Labute approximate surface area is 98.7 Å². The van der Waals surface area contributed by atoms with Gasteiger partial charge in [-0.15, -0.1) is 0 Å². The van der Waals surface area contributed by atoms with Gasteiger partial charge in [0.2, 0.25) is 0 Å². The zero-order valence-electron chi connectivity index (χ0n) is 9.64. The summed E-state index contributed by atoms with van der Waals surface area (Å²) in [7, 11) is 1.75. The molecule has 5 nitrogen and oxygen atoms in total. The lowest BCUT2D eigenvalue weighted by Crippen LogP contribution is -2.13. The Hall–Kier alpha value is -2.30. The van der Waals surface area contributed by atoms with Crippen molar-refractivity contribution in [1.29, 1.82) is 0 Å². The Morgan fingerprint density at radius 2 is 2.18 bits per heavy atom. The number of hydrogen-bond donors (Lipinski definition) is 2. The molecule has 0 saturated heterocycles. The van der Waals surface area contributed by atoms with Gasteiger partial charge in [0.25, 0.3) is 5.91 Å². The van der Waals surface area contributed by atoms with Gasteiger partial charge in [-0.1, -0.05) is 0 Å². The van der Waals surface area contributed by atoms with Crippen LogP contribution in [0.4, 0.5) is 5.69 Å². The summed E-state index contributed by atoms with van der Waals surface area (Å²) in [6.07, 6.45) is 1.71. The first-order valence-corrected chi connectivity index (χ1v) is 5.17. The van der Waals surface area contributed by atoms with E-state index >= 15 is 0 Å². The average molecular weight is 231 g/mol. The number of amides is 1. The van der Waals surface area contributed by atoms with E-state index in [1.54, 1.807) is 49.1 Å². The topological polar surface area (TPSA) is 67.2 Å². The molecule has 0 aliphatic carbocycles. The number of hydrogen-bond acceptors (Lipinski definition) is 3. The standard InChI is InChI=1S/C12H13N3O2/c1-8-7-9(3-4-11(8)16)13-12(17)10-5-6-15(2)14-10/h3-7,16H,1-2H3,(H,13,17). The smallest absolute Gasteiger partial charge is 0.276 e. The summed E-state index contributed by atoms with van der Waals surface area (Å²) < 4.78 is 1.57. The zero-order chi connectivity index (χ0) is 12.4. The molecule has 0 aliphatic heterocycles. The Morgan fingerprint density at radius 1 is 1.41 bits per heavy atom. The molecule has 17 heavy (non-hydrogen) atoms. The van der Waals surface area contributed by atoms with Crippen LogP contribution in [0.3, 0.4) is 0 Å². The van der Waals surface area contributed by atoms with E-state index in [9.17, 15) is 9.90 Å². The number of aromatic nitrogens is 2. The van der Waals surface area contributed by atoms with Crippen LogP contribution in [0.1, 0.15) is 16.1 Å². The molecular weight excluding hydrogens is 218 g/mol. The van der Waals surface area contributed by atoms with Gasteiger partial charge in [-0.05, 0) is 36.8 Å². The van der Waals surface area contributed by atoms with Gasteiger partial charge < -0.3 is 10.4 Å². The second-order valence-corrected chi connectivity index (χ2v) is 3.83. The van der Waals surface area contributed by atoms with Gasteiger partial charge in [-0.3, -0.25) is 9.48 Å². The van der Waals surface area contributed by atoms with E-state index in [-0.39, 0.29) is 11.7 Å². The number of aromatic hydroxyl groups is 1. The third-order valence-corrected chi connectivity index (χ3v) is 2.40. The summed E-state index contributed by atoms with van der Waals surface area (Å²) in [5.41, 5.74) is 1.71. The van der Waals surface area contributed by atoms with Crippen molar-refractivity contribution in [3.8, 4) is 5.75 Å². The first-order valence-electron chi connectivity index (χ1n) is 5.17. The van der Waals surface area contributed by atoms with Gasteiger partial charge in [-0.2, -0.15) is 5.10 Å². The molecule has 1 amide bonds. The van der Waals surface area contributed by atoms with Crippen molar-refractivity contribution < 1.29 is 9.90 Å². The van der Waals surface area contributed by atoms with E-state index in [2.05, 4.69) is 10.4 Å². The van der Waals surface area contributed by atoms with Gasteiger partial charge >= 0.3 is 0 Å². The number of nitrogens with one attached hydrogen (secondary N) is 1. The normalized spacial score (nSPS) is 10.2. The third kappa shape index (κ3) is 2.44. The fourth-order valence-corrected chi connectivity index (χ4v) is 1.46. The molecule has 1 heterocycles. The first kappa shape index (κ1) is 11.2. The van der Waals surface area contributed by atoms with Crippen LogP contribution in [0.5, 0.6) is 5.75 Å². The fourth-order valence-electron chi connectivity index (χ4n) is 1.46. The minimum Gasteiger partial charge on any atom is -0.508 e. The van der Waals surface area contributed by atoms with Crippen molar-refractivity contribution in [3.63, 3.8) is 0 Å². The fraction of sp³-hybridized carbons (Fsp3) is 0.167. The number of carbonyl (C=O) groups excluding carboxylic acids is 1. The highest BCUT2D eigenvalue weighted by molar-refractivity contribution is 6.02. The molecule has 0 spiro atoms. The SMILES string of the molecule is Cc1cc(NC(=O)c2ccn(C)n2)ccc1O. The van der Waals surface area contributed by atoms with E-state index < -0.39 is 0 Å². The van der Waals surface area contributed by atoms with Crippen molar-refractivity contribution in [2.75, 3.05) is 5.32 Å². The maximum atomic E-state index is 11.8. The lowest BCUT2D eigenvalue weighted by molar-refractivity contribution is 0.102. The molecule has 0 bridgehead atoms. The second kappa shape index (κ2) is 4.29. The molecule has 1 aromatic heterocycles. The summed E-state index contributed by atoms with van der Waals surface area (Å²) in [5, 5.41) is 16.1. The van der Waals surface area contributed by atoms with Crippen LogP contribution in [0.2, 0.25) is 0 Å². The average Bonchev–Trinajstić information content (AvgIpc) is 2.70. The second-order valence-electron chi connectivity index (χ2n) is 3.83. The third-order valence-electron chi connectivity index (χ3n) is 2.40. The summed E-state index contributed by atoms with van der Waals surface area (Å²) >= 11 is 0. The molecule has 5 heteroatoms. The molecule has 88 valence electrons. The van der Waals surface area contributed by atoms with Gasteiger partial charge in [0, 0.05) is 18.9 Å². The van der Waals surface area contributed by atoms with E-state index in [4.69, 9.17) is 0 Å². The number of benzene rings is 1. The van der Waals surface area contributed by atoms with E-state index in [0.29, 0.717) is 16.9 Å². The van der Waals surface area contributed by atoms with Crippen molar-refractivity contribution in [1.82, 2.24) is 9.78 Å². The van der Waals surface area contributed by atoms with E-state index in [1.807, 2.05) is 0 Å². The molecule has 0 aliphatic rings. The van der Waals surface area contributed by atoms with Crippen molar-refractivity contribution in [3.05, 3.63) is 41.7 Å². The van der Waals surface area contributed by atoms with Gasteiger partial charge in [0.05, 0.1) is 0 Å². The molecular formula is C12H13N3O2. The molecule has 2 N–H and O–H groups in total. The van der Waals surface area contributed by atoms with Crippen LogP contribution in [0.25, 0.3) is 0 Å². The molecule has 0 saturated carbocycles. The largest absolute Gasteiger partial charge is 0.508 e. The predicted molar refractivity (Wildman–Crippen MR) is 64.0 cm³/mol. The van der Waals surface area contributed by atoms with Crippen LogP contribution in [-0.2, 0) is 7.05 Å². The first-order chi connectivity index (χ1) is 8.06. The number of rotatable bonds is 2. The molecule has 2 rings (SSSR count). The summed E-state index contributed by atoms with van der Waals surface area (Å²) in [5.74, 6) is -0.0588. The molecule has 0 unspecified atom stereocenters. The Kier molecular flexibility index (Phi) is 2.82. The Balaban J connectivity index is 2.15. The highest BCUT2D eigenvalue weighted by Gasteiger charge is 2.09. The number of phenolic OH excluding ortho intramolecular Hbond substituents is 1. The summed E-state index contributed by atoms with van der Waals surface area (Å²) in [6.45, 7) is 1.77. The summed E-state index contributed by atoms with van der Waals surface area (Å²) in [6, 6.07) is 6.53. The highest BCUT2D eigenvalue weighted by atomic mass is 16.3. The maximum absolute atomic E-state index is 11.8. The number of anilines is 1. The van der Waals surface area contributed by atoms with Crippen molar-refractivity contribution in [2.45, 2.75) is 6.92 Å². The summed E-state index contributed by atoms with van der Waals surface area (Å²) in [4.78, 5) is 11.8. The zero-order valence-corrected chi connectivity index (χ0v) is 9.64. The Bertz CT molecular complexity index is 561. The van der Waals surface area contributed by atoms with Crippen molar-refractivity contribution in [2.24, 2.45) is 7.05 Å². The predicted octanol–water partition coefficient (Wildman–Crippen LogP) is 1.69. The molecule has 1 aromatic carbocycles. The quantitative estimate of drug-likeness (QED) is 0.773. The van der Waals surface area contributed by atoms with Crippen molar-refractivity contribution >= 4 is 11.6 Å². The lowest BCUT2D eigenvalue weighted by atomic mass is 10.2. The highest BCUT2D eigenvalue weighted by Crippen LogP contribution is 2.20. The minimum atomic E-state index is -0.268. The molecule has 2 aromatic rings. The lowest BCUT2D eigenvalue weighted by Gasteiger charge is -2.05. The van der Waals surface area contributed by atoms with Crippen LogP contribution in [0.15, 0.2) is 30.5 Å². The molecule has 0 atom stereocenters. The van der Waals surface area contributed by atoms with Crippen LogP contribution in [0, 0.1) is 6.92 Å². The Morgan fingerprint density at radius 3 is 2.76 bits per heavy atom. The minimum absolute atomic E-state index is 0.209. The van der Waals surface area contributed by atoms with E-state index in [1.165, 1.54) is 0 Å². The van der Waals surface area contributed by atoms with Gasteiger partial charge in [0.15, 0.2) is 5.69 Å². The van der Waals surface area contributed by atoms with Gasteiger partial charge in [0.1, 0.15) is 5.75 Å². The van der Waals surface area contributed by atoms with Crippen LogP contribution >= 0.6 is 0 Å². The maximum Gasteiger partial charge on any atom is 0.276 e. The molecule has 0 fully saturated rings. The van der Waals surface area contributed by atoms with Crippen LogP contribution in [-0.4, -0.2) is 20.8 Å². The van der Waals surface area contributed by atoms with E-state index in [0.717, 1.165) is 0 Å². The number of phenols is 1. The number of aryl methyl sites for hydroxylation is 2. The molecule has 0 radical (unpaired) electrons.